The Kier molecular flexibility index (Phi) is 6.80. The van der Waals surface area contributed by atoms with Gasteiger partial charge in [0.2, 0.25) is 5.91 Å². The second-order valence-corrected chi connectivity index (χ2v) is 6.09. The standard InChI is InChI=1S/C15H30N2O2/c1-5-14(11-18)16-6-8-17(9-7-16)15(19)10-13(4)12(2)3/h12-14,18H,5-11H2,1-4H3. The van der Waals surface area contributed by atoms with E-state index in [2.05, 4.69) is 32.6 Å². The summed E-state index contributed by atoms with van der Waals surface area (Å²) in [5.74, 6) is 1.30. The maximum atomic E-state index is 12.2. The highest BCUT2D eigenvalue weighted by Gasteiger charge is 2.25. The molecule has 1 rings (SSSR count). The zero-order valence-corrected chi connectivity index (χ0v) is 12.9. The van der Waals surface area contributed by atoms with Crippen LogP contribution < -0.4 is 0 Å². The van der Waals surface area contributed by atoms with E-state index in [4.69, 9.17) is 0 Å². The fraction of sp³-hybridized carbons (Fsp3) is 0.933. The van der Waals surface area contributed by atoms with Crippen LogP contribution in [-0.2, 0) is 4.79 Å². The van der Waals surface area contributed by atoms with E-state index in [1.807, 2.05) is 4.90 Å². The van der Waals surface area contributed by atoms with Crippen LogP contribution in [0.3, 0.4) is 0 Å². The van der Waals surface area contributed by atoms with Crippen LogP contribution in [0.4, 0.5) is 0 Å². The van der Waals surface area contributed by atoms with Gasteiger partial charge in [-0.2, -0.15) is 0 Å². The van der Waals surface area contributed by atoms with Crippen LogP contribution in [-0.4, -0.2) is 59.6 Å². The van der Waals surface area contributed by atoms with Crippen molar-refractivity contribution in [2.45, 2.75) is 46.6 Å². The lowest BCUT2D eigenvalue weighted by Crippen LogP contribution is -2.52. The quantitative estimate of drug-likeness (QED) is 0.797. The summed E-state index contributed by atoms with van der Waals surface area (Å²) >= 11 is 0. The Balaban J connectivity index is 2.39. The molecule has 0 saturated carbocycles. The van der Waals surface area contributed by atoms with Crippen LogP contribution in [0.15, 0.2) is 0 Å². The predicted molar refractivity (Wildman–Crippen MR) is 77.9 cm³/mol. The Morgan fingerprint density at radius 2 is 1.74 bits per heavy atom. The zero-order valence-electron chi connectivity index (χ0n) is 12.9. The minimum atomic E-state index is 0.217. The molecule has 0 aromatic heterocycles. The number of amides is 1. The Labute approximate surface area is 117 Å². The predicted octanol–water partition coefficient (Wildman–Crippen LogP) is 1.58. The normalized spacial score (nSPS) is 20.6. The molecule has 1 amide bonds. The number of aliphatic hydroxyl groups excluding tert-OH is 1. The zero-order chi connectivity index (χ0) is 14.4. The van der Waals surface area contributed by atoms with Crippen LogP contribution in [0.1, 0.15) is 40.5 Å². The fourth-order valence-electron chi connectivity index (χ4n) is 2.48. The third-order valence-electron chi connectivity index (χ3n) is 4.50. The largest absolute Gasteiger partial charge is 0.395 e. The molecule has 1 aliphatic heterocycles. The van der Waals surface area contributed by atoms with Gasteiger partial charge in [0.25, 0.3) is 0 Å². The molecule has 4 nitrogen and oxygen atoms in total. The van der Waals surface area contributed by atoms with Gasteiger partial charge in [0, 0.05) is 38.6 Å². The first-order chi connectivity index (χ1) is 8.99. The summed E-state index contributed by atoms with van der Waals surface area (Å²) in [7, 11) is 0. The van der Waals surface area contributed by atoms with Crippen molar-refractivity contribution in [3.05, 3.63) is 0 Å². The first-order valence-corrected chi connectivity index (χ1v) is 7.62. The fourth-order valence-corrected chi connectivity index (χ4v) is 2.48. The van der Waals surface area contributed by atoms with E-state index in [0.29, 0.717) is 18.3 Å². The summed E-state index contributed by atoms with van der Waals surface area (Å²) in [5, 5.41) is 9.31. The first-order valence-electron chi connectivity index (χ1n) is 7.62. The summed E-state index contributed by atoms with van der Waals surface area (Å²) in [6.45, 7) is 12.2. The number of hydrogen-bond donors (Lipinski definition) is 1. The summed E-state index contributed by atoms with van der Waals surface area (Å²) < 4.78 is 0. The molecular weight excluding hydrogens is 240 g/mol. The molecule has 19 heavy (non-hydrogen) atoms. The van der Waals surface area contributed by atoms with Crippen molar-refractivity contribution in [1.82, 2.24) is 9.80 Å². The van der Waals surface area contributed by atoms with Gasteiger partial charge in [-0.3, -0.25) is 9.69 Å². The number of aliphatic hydroxyl groups is 1. The van der Waals surface area contributed by atoms with Crippen LogP contribution in [0, 0.1) is 11.8 Å². The third-order valence-corrected chi connectivity index (χ3v) is 4.50. The summed E-state index contributed by atoms with van der Waals surface area (Å²) in [5.41, 5.74) is 0. The van der Waals surface area contributed by atoms with Gasteiger partial charge < -0.3 is 10.0 Å². The van der Waals surface area contributed by atoms with Crippen LogP contribution in [0.25, 0.3) is 0 Å². The molecule has 0 aliphatic carbocycles. The van der Waals surface area contributed by atoms with E-state index < -0.39 is 0 Å². The van der Waals surface area contributed by atoms with E-state index in [9.17, 15) is 9.90 Å². The Morgan fingerprint density at radius 1 is 1.16 bits per heavy atom. The smallest absolute Gasteiger partial charge is 0.222 e. The number of hydrogen-bond acceptors (Lipinski definition) is 3. The van der Waals surface area contributed by atoms with Gasteiger partial charge in [0.05, 0.1) is 6.61 Å². The Morgan fingerprint density at radius 3 is 2.16 bits per heavy atom. The Hall–Kier alpha value is -0.610. The number of rotatable bonds is 6. The number of carbonyl (C=O) groups is 1. The molecule has 0 spiro atoms. The molecule has 1 saturated heterocycles. The van der Waals surface area contributed by atoms with Gasteiger partial charge in [0.1, 0.15) is 0 Å². The molecule has 1 aliphatic rings. The summed E-state index contributed by atoms with van der Waals surface area (Å²) in [6, 6.07) is 0.256. The van der Waals surface area contributed by atoms with Crippen molar-refractivity contribution in [2.24, 2.45) is 11.8 Å². The van der Waals surface area contributed by atoms with Gasteiger partial charge in [0.15, 0.2) is 0 Å². The second-order valence-electron chi connectivity index (χ2n) is 6.09. The van der Waals surface area contributed by atoms with Crippen LogP contribution in [0.2, 0.25) is 0 Å². The average molecular weight is 270 g/mol. The van der Waals surface area contributed by atoms with Crippen LogP contribution in [0.5, 0.6) is 0 Å². The highest BCUT2D eigenvalue weighted by atomic mass is 16.3. The van der Waals surface area contributed by atoms with Crippen molar-refractivity contribution in [1.29, 1.82) is 0 Å². The van der Waals surface area contributed by atoms with Crippen molar-refractivity contribution in [3.8, 4) is 0 Å². The van der Waals surface area contributed by atoms with Crippen molar-refractivity contribution < 1.29 is 9.90 Å². The van der Waals surface area contributed by atoms with Crippen molar-refractivity contribution in [2.75, 3.05) is 32.8 Å². The van der Waals surface area contributed by atoms with Gasteiger partial charge in [-0.1, -0.05) is 27.7 Å². The van der Waals surface area contributed by atoms with Gasteiger partial charge >= 0.3 is 0 Å². The summed E-state index contributed by atoms with van der Waals surface area (Å²) in [4.78, 5) is 16.5. The van der Waals surface area contributed by atoms with Gasteiger partial charge in [-0.15, -0.1) is 0 Å². The Bertz CT molecular complexity index is 269. The maximum absolute atomic E-state index is 12.2. The average Bonchev–Trinajstić information content (AvgIpc) is 2.40. The molecule has 0 bridgehead atoms. The molecule has 112 valence electrons. The van der Waals surface area contributed by atoms with E-state index in [1.165, 1.54) is 0 Å². The lowest BCUT2D eigenvalue weighted by Gasteiger charge is -2.38. The minimum absolute atomic E-state index is 0.217. The number of carbonyl (C=O) groups excluding carboxylic acids is 1. The first kappa shape index (κ1) is 16.4. The minimum Gasteiger partial charge on any atom is -0.395 e. The van der Waals surface area contributed by atoms with E-state index in [1.54, 1.807) is 0 Å². The van der Waals surface area contributed by atoms with E-state index in [-0.39, 0.29) is 18.6 Å². The molecule has 1 heterocycles. The SMILES string of the molecule is CCC(CO)N1CCN(C(=O)CC(C)C(C)C)CC1. The van der Waals surface area contributed by atoms with Gasteiger partial charge in [-0.05, 0) is 18.3 Å². The topological polar surface area (TPSA) is 43.8 Å². The van der Waals surface area contributed by atoms with E-state index >= 15 is 0 Å². The lowest BCUT2D eigenvalue weighted by atomic mass is 9.94. The third kappa shape index (κ3) is 4.77. The molecule has 2 atom stereocenters. The number of piperazine rings is 1. The molecule has 0 aromatic rings. The van der Waals surface area contributed by atoms with E-state index in [0.717, 1.165) is 32.6 Å². The number of nitrogens with zero attached hydrogens (tertiary/aromatic N) is 2. The molecular formula is C15H30N2O2. The van der Waals surface area contributed by atoms with Crippen molar-refractivity contribution in [3.63, 3.8) is 0 Å². The van der Waals surface area contributed by atoms with Crippen LogP contribution >= 0.6 is 0 Å². The van der Waals surface area contributed by atoms with Crippen molar-refractivity contribution >= 4 is 5.91 Å². The molecule has 0 radical (unpaired) electrons. The monoisotopic (exact) mass is 270 g/mol. The summed E-state index contributed by atoms with van der Waals surface area (Å²) in [6.07, 6.45) is 1.63. The molecule has 0 aromatic carbocycles. The molecule has 2 unspecified atom stereocenters. The highest BCUT2D eigenvalue weighted by Crippen LogP contribution is 2.17. The molecule has 4 heteroatoms. The van der Waals surface area contributed by atoms with Gasteiger partial charge in [-0.25, -0.2) is 0 Å². The lowest BCUT2D eigenvalue weighted by molar-refractivity contribution is -0.134. The molecule has 1 N–H and O–H groups in total. The maximum Gasteiger partial charge on any atom is 0.222 e. The highest BCUT2D eigenvalue weighted by molar-refractivity contribution is 5.76. The second kappa shape index (κ2) is 7.85. The molecule has 1 fully saturated rings.